The van der Waals surface area contributed by atoms with Gasteiger partial charge in [-0.05, 0) is 25.0 Å². The molecule has 1 fully saturated rings. The summed E-state index contributed by atoms with van der Waals surface area (Å²) in [5.41, 5.74) is 1.08. The van der Waals surface area contributed by atoms with Crippen molar-refractivity contribution < 1.29 is 9.21 Å². The summed E-state index contributed by atoms with van der Waals surface area (Å²) < 4.78 is 7.21. The summed E-state index contributed by atoms with van der Waals surface area (Å²) in [6.45, 7) is 6.44. The van der Waals surface area contributed by atoms with Gasteiger partial charge in [-0.1, -0.05) is 0 Å². The first kappa shape index (κ1) is 14.4. The topological polar surface area (TPSA) is 67.4 Å². The lowest BCUT2D eigenvalue weighted by molar-refractivity contribution is -0.139. The number of amides is 1. The molecule has 4 heterocycles. The van der Waals surface area contributed by atoms with E-state index in [1.165, 1.54) is 0 Å². The summed E-state index contributed by atoms with van der Waals surface area (Å²) in [7, 11) is 0. The van der Waals surface area contributed by atoms with E-state index in [1.54, 1.807) is 12.5 Å². The van der Waals surface area contributed by atoms with Crippen molar-refractivity contribution in [1.29, 1.82) is 0 Å². The smallest absolute Gasteiger partial charge is 0.223 e. The largest absolute Gasteiger partial charge is 0.472 e. The molecule has 0 unspecified atom stereocenters. The molecule has 0 radical (unpaired) electrons. The molecule has 0 bridgehead atoms. The van der Waals surface area contributed by atoms with Crippen molar-refractivity contribution in [2.45, 2.75) is 38.9 Å². The third kappa shape index (κ3) is 2.76. The van der Waals surface area contributed by atoms with Crippen LogP contribution >= 0.6 is 0 Å². The van der Waals surface area contributed by atoms with E-state index >= 15 is 0 Å². The van der Waals surface area contributed by atoms with E-state index in [0.29, 0.717) is 12.5 Å². The van der Waals surface area contributed by atoms with E-state index in [1.807, 2.05) is 17.9 Å². The molecule has 122 valence electrons. The van der Waals surface area contributed by atoms with Crippen molar-refractivity contribution in [3.8, 4) is 0 Å². The van der Waals surface area contributed by atoms with Crippen LogP contribution in [0.1, 0.15) is 23.6 Å². The van der Waals surface area contributed by atoms with Crippen LogP contribution in [0.4, 0.5) is 0 Å². The van der Waals surface area contributed by atoms with Crippen LogP contribution in [-0.2, 0) is 24.3 Å². The molecule has 23 heavy (non-hydrogen) atoms. The van der Waals surface area contributed by atoms with E-state index in [2.05, 4.69) is 19.7 Å². The number of aromatic nitrogens is 3. The molecule has 0 aromatic carbocycles. The first-order valence-corrected chi connectivity index (χ1v) is 8.12. The van der Waals surface area contributed by atoms with E-state index in [-0.39, 0.29) is 5.91 Å². The SMILES string of the molecule is Cc1nnc2n1CCN(C1CN(C(=O)CCc3ccoc3)C1)C2. The van der Waals surface area contributed by atoms with Gasteiger partial charge >= 0.3 is 0 Å². The molecule has 2 aromatic rings. The van der Waals surface area contributed by atoms with Gasteiger partial charge in [-0.25, -0.2) is 0 Å². The number of likely N-dealkylation sites (tertiary alicyclic amines) is 1. The molecule has 0 spiro atoms. The number of hydrogen-bond acceptors (Lipinski definition) is 5. The van der Waals surface area contributed by atoms with Gasteiger partial charge in [0.25, 0.3) is 0 Å². The van der Waals surface area contributed by atoms with Crippen molar-refractivity contribution in [1.82, 2.24) is 24.6 Å². The zero-order chi connectivity index (χ0) is 15.8. The number of furan rings is 1. The lowest BCUT2D eigenvalue weighted by Gasteiger charge is -2.46. The second-order valence-corrected chi connectivity index (χ2v) is 6.37. The Morgan fingerprint density at radius 2 is 2.22 bits per heavy atom. The summed E-state index contributed by atoms with van der Waals surface area (Å²) in [5, 5.41) is 8.38. The van der Waals surface area contributed by atoms with Gasteiger partial charge in [0.05, 0.1) is 19.1 Å². The molecule has 0 aliphatic carbocycles. The first-order chi connectivity index (χ1) is 11.2. The Kier molecular flexibility index (Phi) is 3.65. The minimum atomic E-state index is 0.235. The molecule has 7 nitrogen and oxygen atoms in total. The fourth-order valence-corrected chi connectivity index (χ4v) is 3.37. The van der Waals surface area contributed by atoms with Crippen molar-refractivity contribution in [2.75, 3.05) is 19.6 Å². The molecule has 4 rings (SSSR count). The summed E-state index contributed by atoms with van der Waals surface area (Å²) in [6.07, 6.45) is 4.66. The fraction of sp³-hybridized carbons (Fsp3) is 0.562. The summed E-state index contributed by atoms with van der Waals surface area (Å²) >= 11 is 0. The molecule has 0 atom stereocenters. The van der Waals surface area contributed by atoms with Crippen LogP contribution in [0, 0.1) is 6.92 Å². The van der Waals surface area contributed by atoms with Gasteiger partial charge in [-0.2, -0.15) is 0 Å². The second-order valence-electron chi connectivity index (χ2n) is 6.37. The number of carbonyl (C=O) groups excluding carboxylic acids is 1. The molecule has 7 heteroatoms. The maximum absolute atomic E-state index is 12.2. The monoisotopic (exact) mass is 315 g/mol. The average molecular weight is 315 g/mol. The number of hydrogen-bond donors (Lipinski definition) is 0. The maximum atomic E-state index is 12.2. The first-order valence-electron chi connectivity index (χ1n) is 8.12. The Morgan fingerprint density at radius 3 is 3.00 bits per heavy atom. The highest BCUT2D eigenvalue weighted by atomic mass is 16.3. The van der Waals surface area contributed by atoms with Gasteiger partial charge in [-0.15, -0.1) is 10.2 Å². The van der Waals surface area contributed by atoms with Gasteiger partial charge in [-0.3, -0.25) is 9.69 Å². The second kappa shape index (κ2) is 5.81. The third-order valence-electron chi connectivity index (χ3n) is 4.91. The highest BCUT2D eigenvalue weighted by Gasteiger charge is 2.36. The molecular formula is C16H21N5O2. The number of nitrogens with zero attached hydrogens (tertiary/aromatic N) is 5. The van der Waals surface area contributed by atoms with Crippen LogP contribution in [0.15, 0.2) is 23.0 Å². The standard InChI is InChI=1S/C16H21N5O2/c1-12-17-18-15-10-19(5-6-21(12)15)14-8-20(9-14)16(22)3-2-13-4-7-23-11-13/h4,7,11,14H,2-3,5-6,8-10H2,1H3. The zero-order valence-corrected chi connectivity index (χ0v) is 13.3. The van der Waals surface area contributed by atoms with Crippen LogP contribution in [0.2, 0.25) is 0 Å². The zero-order valence-electron chi connectivity index (χ0n) is 13.3. The molecule has 2 aliphatic heterocycles. The average Bonchev–Trinajstić information content (AvgIpc) is 3.14. The molecule has 0 saturated carbocycles. The van der Waals surface area contributed by atoms with Crippen LogP contribution in [0.3, 0.4) is 0 Å². The minimum Gasteiger partial charge on any atom is -0.472 e. The minimum absolute atomic E-state index is 0.235. The molecule has 1 saturated heterocycles. The van der Waals surface area contributed by atoms with Gasteiger partial charge < -0.3 is 13.9 Å². The predicted molar refractivity (Wildman–Crippen MR) is 82.6 cm³/mol. The van der Waals surface area contributed by atoms with Crippen LogP contribution in [0.5, 0.6) is 0 Å². The third-order valence-corrected chi connectivity index (χ3v) is 4.91. The van der Waals surface area contributed by atoms with Gasteiger partial charge in [0.1, 0.15) is 11.6 Å². The highest BCUT2D eigenvalue weighted by molar-refractivity contribution is 5.77. The van der Waals surface area contributed by atoms with E-state index < -0.39 is 0 Å². The van der Waals surface area contributed by atoms with Gasteiger partial charge in [0.15, 0.2) is 0 Å². The van der Waals surface area contributed by atoms with Crippen LogP contribution < -0.4 is 0 Å². The van der Waals surface area contributed by atoms with E-state index in [9.17, 15) is 4.79 Å². The van der Waals surface area contributed by atoms with Crippen molar-refractivity contribution >= 4 is 5.91 Å². The maximum Gasteiger partial charge on any atom is 0.223 e. The molecule has 1 amide bonds. The number of carbonyl (C=O) groups is 1. The number of aryl methyl sites for hydroxylation is 2. The Labute approximate surface area is 134 Å². The van der Waals surface area contributed by atoms with Crippen molar-refractivity contribution in [3.05, 3.63) is 35.8 Å². The van der Waals surface area contributed by atoms with Gasteiger partial charge in [0, 0.05) is 38.6 Å². The Balaban J connectivity index is 1.26. The Hall–Kier alpha value is -2.15. The van der Waals surface area contributed by atoms with Crippen LogP contribution in [0.25, 0.3) is 0 Å². The summed E-state index contributed by atoms with van der Waals surface area (Å²) in [5.74, 6) is 2.27. The fourth-order valence-electron chi connectivity index (χ4n) is 3.37. The molecular weight excluding hydrogens is 294 g/mol. The van der Waals surface area contributed by atoms with E-state index in [0.717, 1.165) is 56.4 Å². The molecule has 2 aromatic heterocycles. The molecule has 2 aliphatic rings. The Morgan fingerprint density at radius 1 is 1.35 bits per heavy atom. The van der Waals surface area contributed by atoms with Gasteiger partial charge in [0.2, 0.25) is 5.91 Å². The van der Waals surface area contributed by atoms with Crippen molar-refractivity contribution in [2.24, 2.45) is 0 Å². The predicted octanol–water partition coefficient (Wildman–Crippen LogP) is 0.839. The van der Waals surface area contributed by atoms with Crippen LogP contribution in [-0.4, -0.2) is 56.1 Å². The lowest BCUT2D eigenvalue weighted by Crippen LogP contribution is -2.62. The summed E-state index contributed by atoms with van der Waals surface area (Å²) in [4.78, 5) is 16.6. The highest BCUT2D eigenvalue weighted by Crippen LogP contribution is 2.21. The molecule has 0 N–H and O–H groups in total. The summed E-state index contributed by atoms with van der Waals surface area (Å²) in [6, 6.07) is 2.37. The van der Waals surface area contributed by atoms with E-state index in [4.69, 9.17) is 4.42 Å². The number of fused-ring (bicyclic) bond motifs is 1. The normalized spacial score (nSPS) is 18.7. The lowest BCUT2D eigenvalue weighted by atomic mass is 10.0. The Bertz CT molecular complexity index is 687. The quantitative estimate of drug-likeness (QED) is 0.836. The van der Waals surface area contributed by atoms with Crippen molar-refractivity contribution in [3.63, 3.8) is 0 Å². The number of rotatable bonds is 4.